The summed E-state index contributed by atoms with van der Waals surface area (Å²) >= 11 is 0. The molecule has 3 nitrogen and oxygen atoms in total. The van der Waals surface area contributed by atoms with Gasteiger partial charge in [-0.3, -0.25) is 9.59 Å². The molecule has 1 aliphatic rings. The van der Waals surface area contributed by atoms with E-state index in [2.05, 4.69) is 21.4 Å². The number of ketones is 2. The quantitative estimate of drug-likeness (QED) is 0.685. The van der Waals surface area contributed by atoms with Gasteiger partial charge in [-0.1, -0.05) is 24.3 Å². The maximum atomic E-state index is 11.2. The van der Waals surface area contributed by atoms with Gasteiger partial charge in [0, 0.05) is 11.1 Å². The van der Waals surface area contributed by atoms with Crippen molar-refractivity contribution in [3.8, 4) is 0 Å². The Kier molecular flexibility index (Phi) is 5.02. The highest BCUT2D eigenvalue weighted by molar-refractivity contribution is 8.31. The summed E-state index contributed by atoms with van der Waals surface area (Å²) in [5.74, 6) is -0.185. The van der Waals surface area contributed by atoms with Gasteiger partial charge in [0.05, 0.1) is 0 Å². The van der Waals surface area contributed by atoms with Gasteiger partial charge in [-0.05, 0) is 12.2 Å². The highest BCUT2D eigenvalue weighted by Gasteiger charge is 2.16. The second-order valence-electron chi connectivity index (χ2n) is 2.79. The molecule has 0 atom stereocenters. The van der Waals surface area contributed by atoms with E-state index in [1.807, 2.05) is 0 Å². The Labute approximate surface area is 104 Å². The average Bonchev–Trinajstić information content (AvgIpc) is 2.23. The summed E-state index contributed by atoms with van der Waals surface area (Å²) < 4.78 is 9.09. The van der Waals surface area contributed by atoms with Crippen molar-refractivity contribution in [2.45, 2.75) is 0 Å². The van der Waals surface area contributed by atoms with E-state index in [0.717, 1.165) is 0 Å². The van der Waals surface area contributed by atoms with E-state index >= 15 is 0 Å². The van der Waals surface area contributed by atoms with E-state index in [4.69, 9.17) is 4.55 Å². The van der Waals surface area contributed by atoms with Crippen LogP contribution < -0.4 is 0 Å². The minimum Gasteiger partial charge on any atom is -0.582 e. The first-order chi connectivity index (χ1) is 7.52. The highest BCUT2D eigenvalue weighted by atomic mass is 36.0. The Bertz CT molecular complexity index is 404. The molecule has 0 N–H and O–H groups in total. The van der Waals surface area contributed by atoms with E-state index in [-0.39, 0.29) is 11.6 Å². The number of carbonyl (C=O) groups excluding carboxylic acids is 2. The van der Waals surface area contributed by atoms with Crippen LogP contribution in [0.15, 0.2) is 36.4 Å². The Morgan fingerprint density at radius 1 is 0.938 bits per heavy atom. The third kappa shape index (κ3) is 3.64. The first-order valence-corrected chi connectivity index (χ1v) is 6.92. The molecule has 0 amide bonds. The van der Waals surface area contributed by atoms with Crippen LogP contribution in [-0.4, -0.2) is 16.1 Å². The smallest absolute Gasteiger partial charge is 0.198 e. The molecule has 1 aromatic carbocycles. The Morgan fingerprint density at radius 2 is 1.25 bits per heavy atom. The zero-order valence-corrected chi connectivity index (χ0v) is 10.2. The average molecular weight is 277 g/mol. The van der Waals surface area contributed by atoms with E-state index in [1.54, 1.807) is 24.3 Å². The van der Waals surface area contributed by atoms with Crippen LogP contribution in [0.4, 0.5) is 0 Å². The van der Waals surface area contributed by atoms with Gasteiger partial charge in [-0.15, -0.1) is 0 Å². The number of benzene rings is 1. The van der Waals surface area contributed by atoms with Gasteiger partial charge in [0.1, 0.15) is 0 Å². The summed E-state index contributed by atoms with van der Waals surface area (Å²) in [4.78, 5) is 22.4. The molecule has 0 unspecified atom stereocenters. The van der Waals surface area contributed by atoms with E-state index in [1.165, 1.54) is 12.2 Å². The molecule has 0 heterocycles. The van der Waals surface area contributed by atoms with Crippen molar-refractivity contribution >= 4 is 42.5 Å². The largest absolute Gasteiger partial charge is 0.582 e. The monoisotopic (exact) mass is 276 g/mol. The second-order valence-corrected chi connectivity index (χ2v) is 5.32. The Balaban J connectivity index is 0.000000280. The summed E-state index contributed by atoms with van der Waals surface area (Å²) in [6.45, 7) is 0. The number of rotatable bonds is 0. The fourth-order valence-electron chi connectivity index (χ4n) is 1.24. The predicted octanol–water partition coefficient (Wildman–Crippen LogP) is 2.66. The molecule has 0 radical (unpaired) electrons. The number of hydrogen-bond acceptors (Lipinski definition) is 3. The van der Waals surface area contributed by atoms with Crippen LogP contribution in [0, 0.1) is 0 Å². The number of carbonyl (C=O) groups is 2. The minimum atomic E-state index is -1.67. The van der Waals surface area contributed by atoms with Crippen molar-refractivity contribution in [2.75, 3.05) is 0 Å². The van der Waals surface area contributed by atoms with Crippen LogP contribution in [0.3, 0.4) is 0 Å². The lowest BCUT2D eigenvalue weighted by atomic mass is 9.95. The van der Waals surface area contributed by atoms with Crippen molar-refractivity contribution in [1.29, 1.82) is 0 Å². The van der Waals surface area contributed by atoms with Crippen molar-refractivity contribution in [3.63, 3.8) is 0 Å². The van der Waals surface area contributed by atoms with Gasteiger partial charge in [0.25, 0.3) is 0 Å². The predicted molar refractivity (Wildman–Crippen MR) is 64.1 cm³/mol. The molecule has 0 aliphatic heterocycles. The molecule has 84 valence electrons. The molecule has 0 saturated heterocycles. The van der Waals surface area contributed by atoms with Gasteiger partial charge in [-0.25, -0.2) is 0 Å². The Morgan fingerprint density at radius 3 is 1.56 bits per heavy atom. The lowest BCUT2D eigenvalue weighted by Gasteiger charge is -2.06. The van der Waals surface area contributed by atoms with E-state index in [0.29, 0.717) is 11.1 Å². The zero-order chi connectivity index (χ0) is 12.1. The zero-order valence-electron chi connectivity index (χ0n) is 7.85. The third-order valence-electron chi connectivity index (χ3n) is 1.84. The number of fused-ring (bicyclic) bond motifs is 1. The second kappa shape index (κ2) is 6.06. The van der Waals surface area contributed by atoms with Gasteiger partial charge in [-0.2, -0.15) is 0 Å². The van der Waals surface area contributed by atoms with Crippen LogP contribution >= 0.6 is 21.4 Å². The molecule has 0 saturated carbocycles. The molecular weight excluding hydrogens is 271 g/mol. The number of hydrogen-bond donors (Lipinski definition) is 0. The van der Waals surface area contributed by atoms with Crippen molar-refractivity contribution in [1.82, 2.24) is 0 Å². The van der Waals surface area contributed by atoms with Crippen molar-refractivity contribution < 1.29 is 14.1 Å². The molecule has 0 spiro atoms. The number of allylic oxidation sites excluding steroid dienone is 2. The standard InChI is InChI=1S/C10H6O2.Cl2OS/c11-9-5-6-10(12)8-4-2-1-3-7(8)9;1-4(2)3/h1-6H;. The van der Waals surface area contributed by atoms with Crippen LogP contribution in [0.25, 0.3) is 0 Å². The summed E-state index contributed by atoms with van der Waals surface area (Å²) in [7, 11) is 7.36. The SMILES string of the molecule is O=C1C=CC(=O)c2ccccc21.[O-][S+](Cl)Cl. The van der Waals surface area contributed by atoms with E-state index < -0.39 is 9.60 Å². The topological polar surface area (TPSA) is 57.2 Å². The molecule has 16 heavy (non-hydrogen) atoms. The van der Waals surface area contributed by atoms with Gasteiger partial charge < -0.3 is 4.55 Å². The first kappa shape index (κ1) is 13.3. The van der Waals surface area contributed by atoms with Crippen molar-refractivity contribution in [2.24, 2.45) is 0 Å². The molecule has 6 heteroatoms. The fraction of sp³-hybridized carbons (Fsp3) is 0. The molecule has 1 aromatic rings. The molecule has 2 rings (SSSR count). The van der Waals surface area contributed by atoms with Crippen molar-refractivity contribution in [3.05, 3.63) is 47.5 Å². The lowest BCUT2D eigenvalue weighted by molar-refractivity contribution is 0.0994. The van der Waals surface area contributed by atoms with Gasteiger partial charge >= 0.3 is 0 Å². The molecule has 0 fully saturated rings. The molecular formula is C10H6Cl2O3S. The first-order valence-electron chi connectivity index (χ1n) is 4.12. The summed E-state index contributed by atoms with van der Waals surface area (Å²) in [6, 6.07) is 6.84. The van der Waals surface area contributed by atoms with Crippen LogP contribution in [0.5, 0.6) is 0 Å². The molecule has 1 aliphatic carbocycles. The summed E-state index contributed by atoms with van der Waals surface area (Å²) in [5, 5.41) is 0. The van der Waals surface area contributed by atoms with E-state index in [9.17, 15) is 9.59 Å². The van der Waals surface area contributed by atoms with Gasteiger partial charge in [0.15, 0.2) is 42.5 Å². The fourth-order valence-corrected chi connectivity index (χ4v) is 1.24. The highest BCUT2D eigenvalue weighted by Crippen LogP contribution is 2.15. The maximum Gasteiger partial charge on any atom is 0.198 e. The maximum absolute atomic E-state index is 11.2. The van der Waals surface area contributed by atoms with Crippen LogP contribution in [0.1, 0.15) is 20.7 Å². The molecule has 0 aromatic heterocycles. The normalized spacial score (nSPS) is 13.2. The van der Waals surface area contributed by atoms with Gasteiger partial charge in [0.2, 0.25) is 0 Å². The third-order valence-corrected chi connectivity index (χ3v) is 1.84. The van der Waals surface area contributed by atoms with Crippen LogP contribution in [0.2, 0.25) is 0 Å². The minimum absolute atomic E-state index is 0.0924. The summed E-state index contributed by atoms with van der Waals surface area (Å²) in [5.41, 5.74) is 1.01. The molecule has 0 bridgehead atoms. The summed E-state index contributed by atoms with van der Waals surface area (Å²) in [6.07, 6.45) is 2.62. The van der Waals surface area contributed by atoms with Crippen LogP contribution in [-0.2, 0) is 9.60 Å². The Hall–Kier alpha value is -0.810. The number of halogens is 2. The lowest BCUT2D eigenvalue weighted by Crippen LogP contribution is -2.10.